The molecule has 6 heterocycles. The molecule has 432 valence electrons. The molecule has 6 aliphatic heterocycles. The summed E-state index contributed by atoms with van der Waals surface area (Å²) in [6, 6.07) is 0. The molecule has 33 atom stereocenters. The van der Waals surface area contributed by atoms with Crippen molar-refractivity contribution in [1.29, 1.82) is 0 Å². The van der Waals surface area contributed by atoms with Gasteiger partial charge >= 0.3 is 0 Å². The van der Waals surface area contributed by atoms with Crippen molar-refractivity contribution in [3.05, 3.63) is 0 Å². The van der Waals surface area contributed by atoms with E-state index in [-0.39, 0.29) is 53.4 Å². The van der Waals surface area contributed by atoms with Crippen LogP contribution in [0.1, 0.15) is 86.0 Å². The van der Waals surface area contributed by atoms with E-state index < -0.39 is 173 Å². The van der Waals surface area contributed by atoms with E-state index in [0.29, 0.717) is 24.9 Å². The fourth-order valence-corrected chi connectivity index (χ4v) is 16.7. The second kappa shape index (κ2) is 21.4. The zero-order valence-electron chi connectivity index (χ0n) is 43.3. The maximum Gasteiger partial charge on any atom is 0.187 e. The summed E-state index contributed by atoms with van der Waals surface area (Å²) in [4.78, 5) is 0. The lowest BCUT2D eigenvalue weighted by Crippen LogP contribution is -2.68. The van der Waals surface area contributed by atoms with Crippen molar-refractivity contribution in [3.63, 3.8) is 0 Å². The van der Waals surface area contributed by atoms with Gasteiger partial charge in [0.05, 0.1) is 56.9 Å². The molecule has 75 heavy (non-hydrogen) atoms. The third-order valence-corrected chi connectivity index (χ3v) is 20.5. The SMILES string of the molecule is C[C@@H]1CC[C@@]2(OC1)O[C@@]1(C)C[C@H]3[C@@H]4C[C@@H](O)[C@H]5C[C@@H](O[C@@H]6O[C@H](CO)[C@H](O[C@@H]7O[C@H](CO)[C@@H](O)[C@H](O[C@@H]8O[C@H](CO)[C@H](O)[C@H]8O)[C@H]7O[C@@H]7O[C@H](CO)[C@@H](O)[C@H](O)[C@H]7O)[C@H](O)[C@H]6O)[C@H](O)C[C@]5(C)[C@H]4CC[C@]3(C)[C@H]1[C@@H]2C. The first-order valence-corrected chi connectivity index (χ1v) is 27.3. The summed E-state index contributed by atoms with van der Waals surface area (Å²) < 4.78 is 61.2. The molecule has 1 spiro atoms. The maximum absolute atomic E-state index is 12.2. The predicted octanol–water partition coefficient (Wildman–Crippen LogP) is -3.94. The molecule has 0 amide bonds. The van der Waals surface area contributed by atoms with Crippen LogP contribution in [0.5, 0.6) is 0 Å². The molecule has 6 saturated heterocycles. The van der Waals surface area contributed by atoms with E-state index in [1.165, 1.54) is 0 Å². The third kappa shape index (κ3) is 9.49. The Hall–Kier alpha value is -0.960. The van der Waals surface area contributed by atoms with Gasteiger partial charge in [0, 0.05) is 18.3 Å². The van der Waals surface area contributed by atoms with Crippen LogP contribution in [0.3, 0.4) is 0 Å². The van der Waals surface area contributed by atoms with Crippen LogP contribution in [0.2, 0.25) is 0 Å². The molecule has 0 aromatic heterocycles. The van der Waals surface area contributed by atoms with E-state index in [0.717, 1.165) is 32.1 Å². The van der Waals surface area contributed by atoms with Gasteiger partial charge in [-0.05, 0) is 92.3 Å². The summed E-state index contributed by atoms with van der Waals surface area (Å²) in [5.41, 5.74) is -0.882. The van der Waals surface area contributed by atoms with E-state index in [2.05, 4.69) is 34.6 Å². The van der Waals surface area contributed by atoms with Crippen molar-refractivity contribution in [2.45, 2.75) is 232 Å². The van der Waals surface area contributed by atoms with Crippen LogP contribution in [-0.2, 0) is 47.4 Å². The first-order chi connectivity index (χ1) is 35.5. The fraction of sp³-hybridized carbons (Fsp3) is 1.00. The first kappa shape index (κ1) is 57.3. The number of aliphatic hydroxyl groups is 14. The van der Waals surface area contributed by atoms with Crippen molar-refractivity contribution in [3.8, 4) is 0 Å². The minimum atomic E-state index is -2.04. The highest BCUT2D eigenvalue weighted by atomic mass is 16.8. The van der Waals surface area contributed by atoms with Crippen molar-refractivity contribution >= 4 is 0 Å². The molecule has 10 aliphatic rings. The van der Waals surface area contributed by atoms with Gasteiger partial charge in [0.2, 0.25) is 0 Å². The molecule has 0 radical (unpaired) electrons. The Kier molecular flexibility index (Phi) is 16.4. The topological polar surface area (TPSA) is 376 Å². The number of rotatable bonds is 12. The molecule has 10 fully saturated rings. The van der Waals surface area contributed by atoms with E-state index in [1.807, 2.05) is 0 Å². The van der Waals surface area contributed by atoms with Crippen LogP contribution in [0, 0.1) is 52.3 Å². The Labute approximate surface area is 435 Å². The van der Waals surface area contributed by atoms with Crippen LogP contribution < -0.4 is 0 Å². The van der Waals surface area contributed by atoms with Gasteiger partial charge in [-0.2, -0.15) is 0 Å². The summed E-state index contributed by atoms with van der Waals surface area (Å²) in [6.07, 6.45) is -31.0. The van der Waals surface area contributed by atoms with Crippen molar-refractivity contribution in [2.75, 3.05) is 33.0 Å². The summed E-state index contributed by atoms with van der Waals surface area (Å²) in [6.45, 7) is 8.65. The quantitative estimate of drug-likeness (QED) is 0.0830. The van der Waals surface area contributed by atoms with Crippen LogP contribution in [-0.4, -0.2) is 251 Å². The van der Waals surface area contributed by atoms with Crippen LogP contribution in [0.25, 0.3) is 0 Å². The second-order valence-electron chi connectivity index (χ2n) is 24.8. The average molecular weight is 1080 g/mol. The van der Waals surface area contributed by atoms with Crippen molar-refractivity contribution in [1.82, 2.24) is 0 Å². The van der Waals surface area contributed by atoms with E-state index in [9.17, 15) is 71.5 Å². The first-order valence-electron chi connectivity index (χ1n) is 27.3. The zero-order chi connectivity index (χ0) is 54.0. The largest absolute Gasteiger partial charge is 0.394 e. The Morgan fingerprint density at radius 2 is 1.03 bits per heavy atom. The molecular formula is C51H84O24. The van der Waals surface area contributed by atoms with Crippen LogP contribution >= 0.6 is 0 Å². The third-order valence-electron chi connectivity index (χ3n) is 20.5. The molecular weight excluding hydrogens is 997 g/mol. The van der Waals surface area contributed by atoms with E-state index in [4.69, 9.17) is 47.4 Å². The molecule has 24 nitrogen and oxygen atoms in total. The van der Waals surface area contributed by atoms with Gasteiger partial charge in [-0.1, -0.05) is 27.7 Å². The molecule has 0 aromatic carbocycles. The number of hydrogen-bond donors (Lipinski definition) is 14. The lowest BCUT2D eigenvalue weighted by atomic mass is 9.43. The summed E-state index contributed by atoms with van der Waals surface area (Å²) in [5.74, 6) is 0.777. The fourth-order valence-electron chi connectivity index (χ4n) is 16.7. The molecule has 10 rings (SSSR count). The van der Waals surface area contributed by atoms with Crippen molar-refractivity contribution in [2.24, 2.45) is 52.3 Å². The lowest BCUT2D eigenvalue weighted by Gasteiger charge is -2.63. The number of fused-ring (bicyclic) bond motifs is 7. The highest BCUT2D eigenvalue weighted by Crippen LogP contribution is 2.74. The summed E-state index contributed by atoms with van der Waals surface area (Å²) >= 11 is 0. The number of aliphatic hydroxyl groups excluding tert-OH is 14. The minimum Gasteiger partial charge on any atom is -0.394 e. The Bertz CT molecular complexity index is 1950. The smallest absolute Gasteiger partial charge is 0.187 e. The standard InChI is InChI=1S/C51H84O24/c1-19-6-9-51(66-18-19)20(2)43-48(3)8-7-22-21(24(48)12-50(43,5)75-51)10-25(56)23-11-27(26(57)13-49(22,23)4)67-44-39(65)36(62)40(31(17-55)71-44)72-47-42(74-46-38(64)35(61)32(58)28(14-52)68-46)41(34(60)30(16-54)70-47)73-45-37(63)33(59)29(15-53)69-45/h19-47,52-65H,6-18H2,1-5H3/t19-,20+,21-,22+,23-,24+,25-,26-,27-,28-,29-,30-,31-,32-,33+,34-,35+,36-,37-,38-,39-,40+,41+,42-,43-,44-,45+,46+,47+,48+,49-,50+,51-/m1/s1. The van der Waals surface area contributed by atoms with Gasteiger partial charge in [-0.25, -0.2) is 0 Å². The molecule has 0 unspecified atom stereocenters. The average Bonchev–Trinajstić information content (AvgIpc) is 3.91. The Morgan fingerprint density at radius 1 is 0.480 bits per heavy atom. The summed E-state index contributed by atoms with van der Waals surface area (Å²) in [5, 5.41) is 153. The van der Waals surface area contributed by atoms with Crippen molar-refractivity contribution < 1.29 is 119 Å². The molecule has 24 heteroatoms. The summed E-state index contributed by atoms with van der Waals surface area (Å²) in [7, 11) is 0. The zero-order valence-corrected chi connectivity index (χ0v) is 43.3. The second-order valence-corrected chi connectivity index (χ2v) is 24.8. The maximum atomic E-state index is 12.2. The number of hydrogen-bond acceptors (Lipinski definition) is 24. The Morgan fingerprint density at radius 3 is 1.65 bits per heavy atom. The van der Waals surface area contributed by atoms with Crippen LogP contribution in [0.4, 0.5) is 0 Å². The highest BCUT2D eigenvalue weighted by molar-refractivity contribution is 5.20. The lowest BCUT2D eigenvalue weighted by molar-refractivity contribution is -0.400. The van der Waals surface area contributed by atoms with Gasteiger partial charge < -0.3 is 119 Å². The molecule has 4 saturated carbocycles. The number of ether oxygens (including phenoxy) is 10. The highest BCUT2D eigenvalue weighted by Gasteiger charge is 2.74. The molecule has 14 N–H and O–H groups in total. The monoisotopic (exact) mass is 1080 g/mol. The predicted molar refractivity (Wildman–Crippen MR) is 250 cm³/mol. The van der Waals surface area contributed by atoms with Gasteiger partial charge in [0.1, 0.15) is 91.6 Å². The van der Waals surface area contributed by atoms with E-state index in [1.54, 1.807) is 0 Å². The molecule has 4 aliphatic carbocycles. The molecule has 0 aromatic rings. The normalized spacial score (nSPS) is 58.8. The van der Waals surface area contributed by atoms with Gasteiger partial charge in [0.15, 0.2) is 30.9 Å². The van der Waals surface area contributed by atoms with Gasteiger partial charge in [-0.15, -0.1) is 0 Å². The van der Waals surface area contributed by atoms with E-state index >= 15 is 0 Å². The Balaban J connectivity index is 0.839. The van der Waals surface area contributed by atoms with Gasteiger partial charge in [-0.3, -0.25) is 0 Å². The van der Waals surface area contributed by atoms with Gasteiger partial charge in [0.25, 0.3) is 0 Å². The van der Waals surface area contributed by atoms with Crippen LogP contribution in [0.15, 0.2) is 0 Å². The minimum absolute atomic E-state index is 0.0326. The molecule has 0 bridgehead atoms.